The van der Waals surface area contributed by atoms with Crippen LogP contribution < -0.4 is 10.6 Å². The molecule has 1 aromatic heterocycles. The third-order valence-corrected chi connectivity index (χ3v) is 3.60. The van der Waals surface area contributed by atoms with E-state index >= 15 is 0 Å². The molecule has 1 saturated heterocycles. The summed E-state index contributed by atoms with van der Waals surface area (Å²) in [5.74, 6) is -0.995. The average molecular weight is 296 g/mol. The van der Waals surface area contributed by atoms with Crippen molar-refractivity contribution < 1.29 is 19.2 Å². The van der Waals surface area contributed by atoms with Gasteiger partial charge < -0.3 is 20.3 Å². The number of carboxylic acid groups (broad SMARTS) is 1. The number of amides is 1. The van der Waals surface area contributed by atoms with Crippen molar-refractivity contribution in [3.8, 4) is 0 Å². The molecule has 2 heterocycles. The second-order valence-electron chi connectivity index (χ2n) is 5.19. The van der Waals surface area contributed by atoms with Gasteiger partial charge in [-0.3, -0.25) is 9.59 Å². The molecule has 0 radical (unpaired) electrons. The maximum Gasteiger partial charge on any atom is 0.303 e. The molecule has 0 aliphatic carbocycles. The lowest BCUT2D eigenvalue weighted by molar-refractivity contribution is -0.138. The Balaban J connectivity index is 1.86. The average Bonchev–Trinajstić information content (AvgIpc) is 3.12. The van der Waals surface area contributed by atoms with Crippen molar-refractivity contribution in [2.45, 2.75) is 38.6 Å². The van der Waals surface area contributed by atoms with E-state index in [4.69, 9.17) is 9.63 Å². The molecule has 0 aromatic carbocycles. The van der Waals surface area contributed by atoms with Gasteiger partial charge in [-0.25, -0.2) is 0 Å². The number of nitrogens with one attached hydrogen (secondary N) is 2. The molecule has 1 fully saturated rings. The van der Waals surface area contributed by atoms with Gasteiger partial charge in [0.2, 0.25) is 5.89 Å². The van der Waals surface area contributed by atoms with E-state index in [1.165, 1.54) is 0 Å². The standard InChI is InChI=1S/C13H20N4O4/c1-2-8(6-10(18)19)7-15-12(20)11-16-13(21-17-11)9-4-3-5-14-9/h8-9,14H,2-7H2,1H3,(H,15,20)(H,18,19). The number of aromatic nitrogens is 2. The smallest absolute Gasteiger partial charge is 0.303 e. The van der Waals surface area contributed by atoms with Gasteiger partial charge in [-0.15, -0.1) is 0 Å². The number of hydrogen-bond donors (Lipinski definition) is 3. The molecule has 3 N–H and O–H groups in total. The third-order valence-electron chi connectivity index (χ3n) is 3.60. The van der Waals surface area contributed by atoms with Crippen LogP contribution in [0.25, 0.3) is 0 Å². The van der Waals surface area contributed by atoms with Gasteiger partial charge in [0.1, 0.15) is 0 Å². The van der Waals surface area contributed by atoms with E-state index in [2.05, 4.69) is 20.8 Å². The first-order valence-corrected chi connectivity index (χ1v) is 7.17. The van der Waals surface area contributed by atoms with Gasteiger partial charge in [0.25, 0.3) is 11.7 Å². The van der Waals surface area contributed by atoms with Crippen molar-refractivity contribution >= 4 is 11.9 Å². The van der Waals surface area contributed by atoms with Gasteiger partial charge in [0, 0.05) is 13.0 Å². The number of rotatable bonds is 7. The largest absolute Gasteiger partial charge is 0.481 e. The fraction of sp³-hybridized carbons (Fsp3) is 0.692. The summed E-state index contributed by atoms with van der Waals surface area (Å²) in [7, 11) is 0. The highest BCUT2D eigenvalue weighted by Crippen LogP contribution is 2.20. The van der Waals surface area contributed by atoms with Gasteiger partial charge in [-0.1, -0.05) is 18.5 Å². The Morgan fingerprint density at radius 3 is 3.00 bits per heavy atom. The normalized spacial score (nSPS) is 19.4. The quantitative estimate of drug-likeness (QED) is 0.678. The predicted molar refractivity (Wildman–Crippen MR) is 72.6 cm³/mol. The van der Waals surface area contributed by atoms with Crippen molar-refractivity contribution in [1.82, 2.24) is 20.8 Å². The number of carbonyl (C=O) groups is 2. The highest BCUT2D eigenvalue weighted by Gasteiger charge is 2.24. The highest BCUT2D eigenvalue weighted by atomic mass is 16.5. The van der Waals surface area contributed by atoms with Crippen molar-refractivity contribution in [3.63, 3.8) is 0 Å². The summed E-state index contributed by atoms with van der Waals surface area (Å²) in [5.41, 5.74) is 0. The summed E-state index contributed by atoms with van der Waals surface area (Å²) < 4.78 is 5.09. The summed E-state index contributed by atoms with van der Waals surface area (Å²) in [4.78, 5) is 26.7. The maximum absolute atomic E-state index is 11.9. The van der Waals surface area contributed by atoms with Crippen molar-refractivity contribution in [2.75, 3.05) is 13.1 Å². The number of hydrogen-bond acceptors (Lipinski definition) is 6. The molecular formula is C13H20N4O4. The SMILES string of the molecule is CCC(CNC(=O)c1noc(C2CCCN2)n1)CC(=O)O. The zero-order valence-corrected chi connectivity index (χ0v) is 12.0. The molecule has 1 aromatic rings. The lowest BCUT2D eigenvalue weighted by atomic mass is 10.0. The molecule has 1 aliphatic heterocycles. The Labute approximate surface area is 122 Å². The molecule has 2 unspecified atom stereocenters. The second-order valence-corrected chi connectivity index (χ2v) is 5.19. The monoisotopic (exact) mass is 296 g/mol. The van der Waals surface area contributed by atoms with Crippen LogP contribution in [0.1, 0.15) is 55.2 Å². The van der Waals surface area contributed by atoms with Crippen LogP contribution in [0.3, 0.4) is 0 Å². The van der Waals surface area contributed by atoms with Crippen LogP contribution in [0.2, 0.25) is 0 Å². The lowest BCUT2D eigenvalue weighted by Gasteiger charge is -2.12. The topological polar surface area (TPSA) is 117 Å². The molecule has 2 rings (SSSR count). The molecule has 8 nitrogen and oxygen atoms in total. The van der Waals surface area contributed by atoms with Crippen molar-refractivity contribution in [3.05, 3.63) is 11.7 Å². The van der Waals surface area contributed by atoms with Crippen molar-refractivity contribution in [1.29, 1.82) is 0 Å². The van der Waals surface area contributed by atoms with Crippen LogP contribution >= 0.6 is 0 Å². The van der Waals surface area contributed by atoms with E-state index in [9.17, 15) is 9.59 Å². The third kappa shape index (κ3) is 4.25. The molecule has 0 bridgehead atoms. The summed E-state index contributed by atoms with van der Waals surface area (Å²) in [6.07, 6.45) is 2.66. The lowest BCUT2D eigenvalue weighted by Crippen LogP contribution is -2.31. The van der Waals surface area contributed by atoms with Crippen LogP contribution in [-0.2, 0) is 4.79 Å². The van der Waals surface area contributed by atoms with Crippen molar-refractivity contribution in [2.24, 2.45) is 5.92 Å². The zero-order valence-electron chi connectivity index (χ0n) is 12.0. The molecule has 0 saturated carbocycles. The van der Waals surface area contributed by atoms with Crippen LogP contribution in [0, 0.1) is 5.92 Å². The van der Waals surface area contributed by atoms with E-state index < -0.39 is 11.9 Å². The van der Waals surface area contributed by atoms with Gasteiger partial charge in [-0.2, -0.15) is 4.98 Å². The van der Waals surface area contributed by atoms with Crippen LogP contribution in [0.5, 0.6) is 0 Å². The summed E-state index contributed by atoms with van der Waals surface area (Å²) in [5, 5.41) is 18.3. The minimum Gasteiger partial charge on any atom is -0.481 e. The Bertz CT molecular complexity index is 496. The summed E-state index contributed by atoms with van der Waals surface area (Å²) in [6.45, 7) is 3.08. The number of carboxylic acids is 1. The molecule has 1 aliphatic rings. The Hall–Kier alpha value is -1.96. The second kappa shape index (κ2) is 7.16. The number of carbonyl (C=O) groups excluding carboxylic acids is 1. The number of nitrogens with zero attached hydrogens (tertiary/aromatic N) is 2. The first-order valence-electron chi connectivity index (χ1n) is 7.17. The van der Waals surface area contributed by atoms with E-state index in [1.807, 2.05) is 6.92 Å². The minimum absolute atomic E-state index is 0.0103. The van der Waals surface area contributed by atoms with Crippen LogP contribution in [0.4, 0.5) is 0 Å². The minimum atomic E-state index is -0.870. The van der Waals surface area contributed by atoms with E-state index in [1.54, 1.807) is 0 Å². The van der Waals surface area contributed by atoms with E-state index in [0.717, 1.165) is 19.4 Å². The van der Waals surface area contributed by atoms with Gasteiger partial charge in [-0.05, 0) is 25.3 Å². The molecule has 116 valence electrons. The van der Waals surface area contributed by atoms with Gasteiger partial charge in [0.05, 0.1) is 6.04 Å². The van der Waals surface area contributed by atoms with E-state index in [-0.39, 0.29) is 30.7 Å². The summed E-state index contributed by atoms with van der Waals surface area (Å²) in [6, 6.07) is 0.0226. The van der Waals surface area contributed by atoms with E-state index in [0.29, 0.717) is 12.3 Å². The molecule has 0 spiro atoms. The Morgan fingerprint density at radius 2 is 2.38 bits per heavy atom. The fourth-order valence-electron chi connectivity index (χ4n) is 2.29. The predicted octanol–water partition coefficient (Wildman–Crippen LogP) is 0.725. The Morgan fingerprint density at radius 1 is 1.57 bits per heavy atom. The molecule has 2 atom stereocenters. The Kier molecular flexibility index (Phi) is 5.26. The summed E-state index contributed by atoms with van der Waals surface area (Å²) >= 11 is 0. The first-order chi connectivity index (χ1) is 10.1. The van der Waals surface area contributed by atoms with Crippen LogP contribution in [0.15, 0.2) is 4.52 Å². The molecule has 21 heavy (non-hydrogen) atoms. The highest BCUT2D eigenvalue weighted by molar-refractivity contribution is 5.90. The van der Waals surface area contributed by atoms with Gasteiger partial charge in [0.15, 0.2) is 0 Å². The first kappa shape index (κ1) is 15.4. The van der Waals surface area contributed by atoms with Crippen LogP contribution in [-0.4, -0.2) is 40.2 Å². The molecule has 8 heteroatoms. The molecule has 1 amide bonds. The molecular weight excluding hydrogens is 276 g/mol. The maximum atomic E-state index is 11.9. The fourth-order valence-corrected chi connectivity index (χ4v) is 2.29. The zero-order chi connectivity index (χ0) is 15.2. The number of aliphatic carboxylic acids is 1. The van der Waals surface area contributed by atoms with Gasteiger partial charge >= 0.3 is 5.97 Å².